The Morgan fingerprint density at radius 2 is 1.56 bits per heavy atom. The molecule has 0 N–H and O–H groups in total. The third-order valence-electron chi connectivity index (χ3n) is 1.73. The van der Waals surface area contributed by atoms with Crippen LogP contribution in [0.2, 0.25) is 0 Å². The van der Waals surface area contributed by atoms with Crippen LogP contribution in [0, 0.1) is 0 Å². The highest BCUT2D eigenvalue weighted by atomic mass is 16.6. The van der Waals surface area contributed by atoms with Crippen LogP contribution in [-0.2, 0) is 16.0 Å². The first kappa shape index (κ1) is 14.1. The molecule has 0 amide bonds. The Balaban J connectivity index is 2.80. The third kappa shape index (κ3) is 4.52. The summed E-state index contributed by atoms with van der Waals surface area (Å²) in [6.45, 7) is 5.37. The lowest BCUT2D eigenvalue weighted by atomic mass is 10.2. The number of carbonyl (C=O) groups excluding carboxylic acids is 1. The fourth-order valence-electron chi connectivity index (χ4n) is 1.15. The van der Waals surface area contributed by atoms with Crippen molar-refractivity contribution < 1.29 is 19.0 Å². The molecule has 1 aromatic rings. The van der Waals surface area contributed by atoms with Gasteiger partial charge in [0.1, 0.15) is 12.0 Å². The van der Waals surface area contributed by atoms with Crippen molar-refractivity contribution in [3.63, 3.8) is 0 Å². The van der Waals surface area contributed by atoms with Crippen molar-refractivity contribution in [3.8, 4) is 12.0 Å². The van der Waals surface area contributed by atoms with Gasteiger partial charge in [-0.2, -0.15) is 9.97 Å². The highest BCUT2D eigenvalue weighted by molar-refractivity contribution is 5.71. The molecule has 18 heavy (non-hydrogen) atoms. The predicted molar refractivity (Wildman–Crippen MR) is 62.5 cm³/mol. The highest BCUT2D eigenvalue weighted by Crippen LogP contribution is 2.12. The van der Waals surface area contributed by atoms with E-state index < -0.39 is 11.6 Å². The van der Waals surface area contributed by atoms with Crippen molar-refractivity contribution in [1.82, 2.24) is 15.0 Å². The van der Waals surface area contributed by atoms with Crippen LogP contribution in [-0.4, -0.2) is 40.7 Å². The largest absolute Gasteiger partial charge is 0.467 e. The Labute approximate surface area is 106 Å². The second-order valence-corrected chi connectivity index (χ2v) is 4.49. The summed E-state index contributed by atoms with van der Waals surface area (Å²) in [6.07, 6.45) is -0.0630. The van der Waals surface area contributed by atoms with Gasteiger partial charge in [0, 0.05) is 0 Å². The zero-order chi connectivity index (χ0) is 13.8. The molecule has 0 bridgehead atoms. The number of methoxy groups -OCH3 is 2. The molecular formula is C11H17N3O4. The van der Waals surface area contributed by atoms with E-state index in [1.165, 1.54) is 14.2 Å². The Morgan fingerprint density at radius 1 is 1.06 bits per heavy atom. The normalized spacial score (nSPS) is 10.9. The molecule has 0 aliphatic carbocycles. The zero-order valence-corrected chi connectivity index (χ0v) is 11.2. The summed E-state index contributed by atoms with van der Waals surface area (Å²) < 4.78 is 14.9. The summed E-state index contributed by atoms with van der Waals surface area (Å²) in [5.41, 5.74) is -0.543. The summed E-state index contributed by atoms with van der Waals surface area (Å²) in [7, 11) is 2.85. The van der Waals surface area contributed by atoms with Gasteiger partial charge in [0.2, 0.25) is 0 Å². The Hall–Kier alpha value is -1.92. The topological polar surface area (TPSA) is 83.4 Å². The molecule has 100 valence electrons. The van der Waals surface area contributed by atoms with Crippen LogP contribution in [0.1, 0.15) is 26.6 Å². The van der Waals surface area contributed by atoms with Crippen LogP contribution in [0.4, 0.5) is 0 Å². The van der Waals surface area contributed by atoms with E-state index in [-0.39, 0.29) is 24.3 Å². The number of rotatable bonds is 4. The Morgan fingerprint density at radius 3 is 1.94 bits per heavy atom. The van der Waals surface area contributed by atoms with E-state index in [9.17, 15) is 4.79 Å². The monoisotopic (exact) mass is 255 g/mol. The minimum atomic E-state index is -0.543. The van der Waals surface area contributed by atoms with Crippen LogP contribution < -0.4 is 9.47 Å². The summed E-state index contributed by atoms with van der Waals surface area (Å²) in [4.78, 5) is 23.3. The van der Waals surface area contributed by atoms with E-state index in [2.05, 4.69) is 15.0 Å². The first-order chi connectivity index (χ1) is 8.34. The van der Waals surface area contributed by atoms with Crippen molar-refractivity contribution in [1.29, 1.82) is 0 Å². The fourth-order valence-corrected chi connectivity index (χ4v) is 1.15. The predicted octanol–water partition coefficient (Wildman–Crippen LogP) is 0.773. The SMILES string of the molecule is COc1nc(CC(=O)OC(C)(C)C)nc(OC)n1. The summed E-state index contributed by atoms with van der Waals surface area (Å²) in [6, 6.07) is 0.195. The third-order valence-corrected chi connectivity index (χ3v) is 1.73. The number of esters is 1. The quantitative estimate of drug-likeness (QED) is 0.735. The maximum absolute atomic E-state index is 11.6. The van der Waals surface area contributed by atoms with Crippen molar-refractivity contribution in [2.45, 2.75) is 32.8 Å². The molecule has 0 saturated heterocycles. The van der Waals surface area contributed by atoms with Crippen LogP contribution in [0.15, 0.2) is 0 Å². The number of nitrogens with zero attached hydrogens (tertiary/aromatic N) is 3. The van der Waals surface area contributed by atoms with Crippen molar-refractivity contribution in [2.75, 3.05) is 14.2 Å². The number of aromatic nitrogens is 3. The minimum Gasteiger partial charge on any atom is -0.467 e. The highest BCUT2D eigenvalue weighted by Gasteiger charge is 2.18. The molecule has 0 aliphatic heterocycles. The van der Waals surface area contributed by atoms with Gasteiger partial charge in [-0.1, -0.05) is 0 Å². The molecule has 0 spiro atoms. The molecule has 0 atom stereocenters. The molecule has 0 aliphatic rings. The lowest BCUT2D eigenvalue weighted by Gasteiger charge is -2.19. The average molecular weight is 255 g/mol. The fraction of sp³-hybridized carbons (Fsp3) is 0.636. The van der Waals surface area contributed by atoms with E-state index in [0.29, 0.717) is 0 Å². The van der Waals surface area contributed by atoms with Gasteiger partial charge in [-0.25, -0.2) is 0 Å². The number of carbonyl (C=O) groups is 1. The Kier molecular flexibility index (Phi) is 4.41. The lowest BCUT2D eigenvalue weighted by Crippen LogP contribution is -2.25. The minimum absolute atomic E-state index is 0.0630. The summed E-state index contributed by atoms with van der Waals surface area (Å²) in [5.74, 6) is -0.175. The smallest absolute Gasteiger partial charge is 0.322 e. The van der Waals surface area contributed by atoms with Gasteiger partial charge in [0.05, 0.1) is 14.2 Å². The maximum Gasteiger partial charge on any atom is 0.322 e. The molecule has 0 saturated carbocycles. The zero-order valence-electron chi connectivity index (χ0n) is 11.2. The average Bonchev–Trinajstić information content (AvgIpc) is 2.25. The van der Waals surface area contributed by atoms with E-state index in [1.54, 1.807) is 20.8 Å². The van der Waals surface area contributed by atoms with E-state index in [4.69, 9.17) is 14.2 Å². The maximum atomic E-state index is 11.6. The molecule has 0 aromatic carbocycles. The first-order valence-electron chi connectivity index (χ1n) is 5.39. The van der Waals surface area contributed by atoms with E-state index in [0.717, 1.165) is 0 Å². The lowest BCUT2D eigenvalue weighted by molar-refractivity contribution is -0.154. The summed E-state index contributed by atoms with van der Waals surface area (Å²) in [5, 5.41) is 0. The number of hydrogen-bond acceptors (Lipinski definition) is 7. The van der Waals surface area contributed by atoms with E-state index in [1.807, 2.05) is 0 Å². The van der Waals surface area contributed by atoms with E-state index >= 15 is 0 Å². The molecule has 1 heterocycles. The van der Waals surface area contributed by atoms with Crippen molar-refractivity contribution in [2.24, 2.45) is 0 Å². The molecule has 0 radical (unpaired) electrons. The molecular weight excluding hydrogens is 238 g/mol. The number of ether oxygens (including phenoxy) is 3. The first-order valence-corrected chi connectivity index (χ1v) is 5.39. The molecule has 0 fully saturated rings. The van der Waals surface area contributed by atoms with Crippen molar-refractivity contribution >= 4 is 5.97 Å². The standard InChI is InChI=1S/C11H17N3O4/c1-11(2,3)18-8(15)6-7-12-9(16-4)14-10(13-7)17-5/h6H2,1-5H3. The molecule has 1 rings (SSSR count). The van der Waals surface area contributed by atoms with Gasteiger partial charge >= 0.3 is 18.0 Å². The van der Waals surface area contributed by atoms with Gasteiger partial charge in [-0.3, -0.25) is 4.79 Å². The van der Waals surface area contributed by atoms with Gasteiger partial charge in [-0.15, -0.1) is 4.98 Å². The van der Waals surface area contributed by atoms with Crippen LogP contribution in [0.5, 0.6) is 12.0 Å². The van der Waals surface area contributed by atoms with Crippen LogP contribution >= 0.6 is 0 Å². The van der Waals surface area contributed by atoms with Gasteiger partial charge in [0.25, 0.3) is 0 Å². The number of hydrogen-bond donors (Lipinski definition) is 0. The van der Waals surface area contributed by atoms with Gasteiger partial charge in [0.15, 0.2) is 5.82 Å². The van der Waals surface area contributed by atoms with Crippen LogP contribution in [0.3, 0.4) is 0 Å². The molecule has 0 unspecified atom stereocenters. The van der Waals surface area contributed by atoms with Gasteiger partial charge < -0.3 is 14.2 Å². The van der Waals surface area contributed by atoms with Gasteiger partial charge in [-0.05, 0) is 20.8 Å². The van der Waals surface area contributed by atoms with Crippen molar-refractivity contribution in [3.05, 3.63) is 5.82 Å². The molecule has 1 aromatic heterocycles. The second-order valence-electron chi connectivity index (χ2n) is 4.49. The molecule has 7 nitrogen and oxygen atoms in total. The Bertz CT molecular complexity index is 407. The molecule has 7 heteroatoms. The van der Waals surface area contributed by atoms with Crippen LogP contribution in [0.25, 0.3) is 0 Å². The second kappa shape index (κ2) is 5.61. The summed E-state index contributed by atoms with van der Waals surface area (Å²) >= 11 is 0.